The molecule has 166 valence electrons. The Morgan fingerprint density at radius 2 is 1.85 bits per heavy atom. The smallest absolute Gasteiger partial charge is 0.143 e. The fourth-order valence-corrected chi connectivity index (χ4v) is 4.44. The number of ether oxygens (including phenoxy) is 1. The van der Waals surface area contributed by atoms with Crippen molar-refractivity contribution in [2.24, 2.45) is 0 Å². The molecule has 0 aliphatic heterocycles. The van der Waals surface area contributed by atoms with Gasteiger partial charge in [0.25, 0.3) is 0 Å². The number of hydrogen-bond donors (Lipinski definition) is 0. The summed E-state index contributed by atoms with van der Waals surface area (Å²) in [6.07, 6.45) is 8.57. The molecule has 3 aromatic heterocycles. The Morgan fingerprint density at radius 3 is 2.55 bits per heavy atom. The number of pyridine rings is 1. The van der Waals surface area contributed by atoms with Crippen molar-refractivity contribution in [1.82, 2.24) is 19.1 Å². The van der Waals surface area contributed by atoms with Gasteiger partial charge in [-0.25, -0.2) is 14.4 Å². The van der Waals surface area contributed by atoms with E-state index in [1.165, 1.54) is 12.1 Å². The van der Waals surface area contributed by atoms with Crippen LogP contribution in [0.4, 0.5) is 4.39 Å². The first kappa shape index (κ1) is 20.9. The number of methoxy groups -OCH3 is 1. The van der Waals surface area contributed by atoms with E-state index in [1.54, 1.807) is 13.4 Å². The molecule has 1 atom stereocenters. The summed E-state index contributed by atoms with van der Waals surface area (Å²) >= 11 is 0. The molecule has 0 aliphatic rings. The molecule has 5 rings (SSSR count). The number of rotatable bonds is 6. The van der Waals surface area contributed by atoms with Crippen LogP contribution in [0.3, 0.4) is 0 Å². The molecule has 0 saturated heterocycles. The van der Waals surface area contributed by atoms with E-state index >= 15 is 0 Å². The van der Waals surface area contributed by atoms with E-state index in [0.717, 1.165) is 51.3 Å². The zero-order valence-corrected chi connectivity index (χ0v) is 18.9. The first-order chi connectivity index (χ1) is 16.1. The molecule has 0 spiro atoms. The molecule has 0 bridgehead atoms. The second kappa shape index (κ2) is 8.54. The summed E-state index contributed by atoms with van der Waals surface area (Å²) in [5, 5.41) is 1.06. The van der Waals surface area contributed by atoms with Crippen LogP contribution < -0.4 is 4.74 Å². The van der Waals surface area contributed by atoms with E-state index in [9.17, 15) is 4.39 Å². The van der Waals surface area contributed by atoms with E-state index in [-0.39, 0.29) is 11.9 Å². The van der Waals surface area contributed by atoms with Crippen LogP contribution in [0.25, 0.3) is 27.8 Å². The molecule has 1 unspecified atom stereocenters. The Labute approximate surface area is 192 Å². The lowest BCUT2D eigenvalue weighted by atomic mass is 10.0. The highest BCUT2D eigenvalue weighted by Gasteiger charge is 2.19. The molecule has 0 aliphatic carbocycles. The second-order valence-electron chi connectivity index (χ2n) is 8.11. The van der Waals surface area contributed by atoms with Crippen LogP contribution >= 0.6 is 0 Å². The van der Waals surface area contributed by atoms with Gasteiger partial charge in [-0.3, -0.25) is 0 Å². The molecule has 6 heteroatoms. The van der Waals surface area contributed by atoms with E-state index in [0.29, 0.717) is 0 Å². The summed E-state index contributed by atoms with van der Waals surface area (Å²) in [5.74, 6) is 0.533. The van der Waals surface area contributed by atoms with Crippen molar-refractivity contribution in [2.45, 2.75) is 26.3 Å². The monoisotopic (exact) mass is 440 g/mol. The Balaban J connectivity index is 1.64. The summed E-state index contributed by atoms with van der Waals surface area (Å²) in [6, 6.07) is 17.0. The topological polar surface area (TPSA) is 44.9 Å². The molecule has 0 radical (unpaired) electrons. The first-order valence-corrected chi connectivity index (χ1v) is 11.0. The Morgan fingerprint density at radius 1 is 1.03 bits per heavy atom. The largest absolute Gasteiger partial charge is 0.495 e. The third-order valence-corrected chi connectivity index (χ3v) is 6.05. The summed E-state index contributed by atoms with van der Waals surface area (Å²) in [7, 11) is 1.68. The van der Waals surface area contributed by atoms with Crippen molar-refractivity contribution in [3.05, 3.63) is 96.6 Å². The quantitative estimate of drug-likeness (QED) is 0.309. The van der Waals surface area contributed by atoms with Crippen molar-refractivity contribution in [1.29, 1.82) is 0 Å². The number of fused-ring (bicyclic) bond motifs is 1. The lowest BCUT2D eigenvalue weighted by Gasteiger charge is -2.18. The highest BCUT2D eigenvalue weighted by Crippen LogP contribution is 2.37. The summed E-state index contributed by atoms with van der Waals surface area (Å²) < 4.78 is 23.4. The van der Waals surface area contributed by atoms with Gasteiger partial charge in [-0.15, -0.1) is 0 Å². The van der Waals surface area contributed by atoms with E-state index in [1.807, 2.05) is 48.1 Å². The van der Waals surface area contributed by atoms with Crippen LogP contribution in [0.2, 0.25) is 0 Å². The van der Waals surface area contributed by atoms with Crippen LogP contribution in [0, 0.1) is 12.7 Å². The highest BCUT2D eigenvalue weighted by atomic mass is 19.1. The molecule has 0 amide bonds. The number of aromatic nitrogens is 4. The molecular formula is C27H25FN4O. The predicted molar refractivity (Wildman–Crippen MR) is 128 cm³/mol. The van der Waals surface area contributed by atoms with E-state index < -0.39 is 0 Å². The van der Waals surface area contributed by atoms with Crippen molar-refractivity contribution in [3.63, 3.8) is 0 Å². The Hall–Kier alpha value is -3.93. The zero-order valence-electron chi connectivity index (χ0n) is 18.9. The van der Waals surface area contributed by atoms with Crippen molar-refractivity contribution in [2.75, 3.05) is 7.11 Å². The van der Waals surface area contributed by atoms with Gasteiger partial charge in [0.2, 0.25) is 0 Å². The summed E-state index contributed by atoms with van der Waals surface area (Å²) in [6.45, 7) is 4.10. The average molecular weight is 441 g/mol. The minimum atomic E-state index is -0.231. The molecule has 33 heavy (non-hydrogen) atoms. The first-order valence-electron chi connectivity index (χ1n) is 11.0. The standard InChI is InChI=1S/C27H25FN4O/c1-4-24(19-7-10-21(28)11-8-19)32-16-23(22-6-5-13-29-27(22)32)20-9-12-25(26(14-20)33-3)31-15-18(2)30-17-31/h5-17,24H,4H2,1-3H3. The molecule has 5 nitrogen and oxygen atoms in total. The highest BCUT2D eigenvalue weighted by molar-refractivity contribution is 5.94. The van der Waals surface area contributed by atoms with Gasteiger partial charge in [0.1, 0.15) is 17.2 Å². The van der Waals surface area contributed by atoms with Gasteiger partial charge in [0.05, 0.1) is 30.9 Å². The van der Waals surface area contributed by atoms with Crippen LogP contribution in [0.15, 0.2) is 79.5 Å². The molecule has 2 aromatic carbocycles. The number of halogens is 1. The molecule has 0 N–H and O–H groups in total. The summed E-state index contributed by atoms with van der Waals surface area (Å²) in [4.78, 5) is 9.02. The summed E-state index contributed by atoms with van der Waals surface area (Å²) in [5.41, 5.74) is 5.94. The number of hydrogen-bond acceptors (Lipinski definition) is 3. The van der Waals surface area contributed by atoms with Gasteiger partial charge in [-0.2, -0.15) is 0 Å². The maximum absolute atomic E-state index is 13.5. The van der Waals surface area contributed by atoms with Crippen LogP contribution in [0.1, 0.15) is 30.6 Å². The predicted octanol–water partition coefficient (Wildman–Crippen LogP) is 6.34. The average Bonchev–Trinajstić information content (AvgIpc) is 3.44. The fourth-order valence-electron chi connectivity index (χ4n) is 4.44. The van der Waals surface area contributed by atoms with Gasteiger partial charge in [0, 0.05) is 29.5 Å². The molecular weight excluding hydrogens is 415 g/mol. The number of benzene rings is 2. The van der Waals surface area contributed by atoms with Crippen LogP contribution in [-0.4, -0.2) is 26.2 Å². The van der Waals surface area contributed by atoms with Gasteiger partial charge >= 0.3 is 0 Å². The molecule has 0 fully saturated rings. The second-order valence-corrected chi connectivity index (χ2v) is 8.11. The van der Waals surface area contributed by atoms with E-state index in [4.69, 9.17) is 9.72 Å². The van der Waals surface area contributed by atoms with Crippen molar-refractivity contribution < 1.29 is 9.13 Å². The molecule has 5 aromatic rings. The normalized spacial score (nSPS) is 12.2. The minimum absolute atomic E-state index is 0.0480. The third kappa shape index (κ3) is 3.78. The third-order valence-electron chi connectivity index (χ3n) is 6.05. The Bertz CT molecular complexity index is 1420. The lowest BCUT2D eigenvalue weighted by molar-refractivity contribution is 0.413. The minimum Gasteiger partial charge on any atom is -0.495 e. The van der Waals surface area contributed by atoms with Gasteiger partial charge in [0.15, 0.2) is 0 Å². The maximum atomic E-state index is 13.5. The number of aryl methyl sites for hydroxylation is 1. The van der Waals surface area contributed by atoms with Gasteiger partial charge in [-0.1, -0.05) is 25.1 Å². The Kier molecular flexibility index (Phi) is 5.42. The van der Waals surface area contributed by atoms with Gasteiger partial charge in [-0.05, 0) is 60.9 Å². The van der Waals surface area contributed by atoms with Crippen LogP contribution in [0.5, 0.6) is 5.75 Å². The van der Waals surface area contributed by atoms with Crippen molar-refractivity contribution in [3.8, 4) is 22.6 Å². The van der Waals surface area contributed by atoms with Gasteiger partial charge < -0.3 is 13.9 Å². The number of imidazole rings is 1. The zero-order chi connectivity index (χ0) is 22.9. The molecule has 3 heterocycles. The van der Waals surface area contributed by atoms with Crippen LogP contribution in [-0.2, 0) is 0 Å². The fraction of sp³-hybridized carbons (Fsp3) is 0.185. The van der Waals surface area contributed by atoms with Crippen molar-refractivity contribution >= 4 is 11.0 Å². The lowest BCUT2D eigenvalue weighted by Crippen LogP contribution is -2.09. The van der Waals surface area contributed by atoms with E-state index in [2.05, 4.69) is 40.9 Å². The maximum Gasteiger partial charge on any atom is 0.143 e. The SMILES string of the molecule is CCC(c1ccc(F)cc1)n1cc(-c2ccc(-n3cnc(C)c3)c(OC)c2)c2cccnc21. The molecule has 0 saturated carbocycles. The number of nitrogens with zero attached hydrogens (tertiary/aromatic N) is 4.